The van der Waals surface area contributed by atoms with Crippen LogP contribution in [0.15, 0.2) is 114 Å². The molecule has 1 aliphatic heterocycles. The van der Waals surface area contributed by atoms with Gasteiger partial charge in [0.15, 0.2) is 6.04 Å². The van der Waals surface area contributed by atoms with E-state index in [9.17, 15) is 28.6 Å². The zero-order chi connectivity index (χ0) is 31.8. The number of para-hydroxylation sites is 2. The van der Waals surface area contributed by atoms with E-state index in [4.69, 9.17) is 0 Å². The fourth-order valence-electron chi connectivity index (χ4n) is 5.47. The molecule has 0 saturated carbocycles. The Morgan fingerprint density at radius 1 is 0.913 bits per heavy atom. The maximum absolute atomic E-state index is 13.6. The maximum atomic E-state index is 13.6. The predicted octanol–water partition coefficient (Wildman–Crippen LogP) is 6.51. The molecule has 11 heteroatoms. The summed E-state index contributed by atoms with van der Waals surface area (Å²) in [6.07, 6.45) is -0.330. The standard InChI is InChI=1S/C35H33F2N3O5.Ni/c36-35(37)45-29-20-10-8-17-26(29)32(41)31(34(43)44)39-30(24-14-5-2-6-15-24)25-16-7-9-18-27(25)38-33(42)28-19-11-21-40(28)22-23-12-3-1-4-13-23;/h1-10,12-18,20,28,31-32,35,41H,11,19,21-22H2,(H2,38,39,42,43,44);/p-1/t28-,31+,32-;/m0./s1. The Hall–Kier alpha value is -4.44. The minimum absolute atomic E-state index is 0. The third kappa shape index (κ3) is 8.43. The van der Waals surface area contributed by atoms with E-state index < -0.39 is 30.8 Å². The van der Waals surface area contributed by atoms with Crippen molar-refractivity contribution in [1.29, 1.82) is 0 Å². The maximum Gasteiger partial charge on any atom is 0.387 e. The van der Waals surface area contributed by atoms with Gasteiger partial charge in [0.25, 0.3) is 0 Å². The second-order valence-electron chi connectivity index (χ2n) is 10.6. The summed E-state index contributed by atoms with van der Waals surface area (Å²) in [5, 5.41) is 25.9. The number of halogens is 2. The molecule has 1 aliphatic rings. The van der Waals surface area contributed by atoms with Gasteiger partial charge in [-0.15, -0.1) is 5.69 Å². The first-order valence-corrected chi connectivity index (χ1v) is 14.5. The van der Waals surface area contributed by atoms with Gasteiger partial charge in [-0.3, -0.25) is 9.89 Å². The van der Waals surface area contributed by atoms with Crippen LogP contribution >= 0.6 is 0 Å². The van der Waals surface area contributed by atoms with Gasteiger partial charge in [0, 0.05) is 34.2 Å². The van der Waals surface area contributed by atoms with Crippen LogP contribution in [-0.4, -0.2) is 57.9 Å². The number of nitrogens with zero attached hydrogens (tertiary/aromatic N) is 3. The minimum Gasteiger partial charge on any atom is -0.625 e. The molecule has 3 atom stereocenters. The number of aliphatic imine (C=N–C) groups is 1. The summed E-state index contributed by atoms with van der Waals surface area (Å²) in [6.45, 7) is -1.81. The molecule has 1 amide bonds. The number of ether oxygens (including phenoxy) is 1. The number of rotatable bonds is 12. The van der Waals surface area contributed by atoms with Gasteiger partial charge in [-0.2, -0.15) is 8.78 Å². The quantitative estimate of drug-likeness (QED) is 0.131. The Morgan fingerprint density at radius 2 is 1.54 bits per heavy atom. The molecule has 1 fully saturated rings. The number of aliphatic carboxylic acids is 1. The van der Waals surface area contributed by atoms with Crippen molar-refractivity contribution < 1.29 is 49.8 Å². The fraction of sp³-hybridized carbons (Fsp3) is 0.229. The van der Waals surface area contributed by atoms with Crippen molar-refractivity contribution in [1.82, 2.24) is 4.90 Å². The number of likely N-dealkylation sites (tertiary alicyclic amines) is 1. The minimum atomic E-state index is -3.18. The summed E-state index contributed by atoms with van der Waals surface area (Å²) in [6, 6.07) is 28.5. The monoisotopic (exact) mass is 670 g/mol. The Labute approximate surface area is 275 Å². The van der Waals surface area contributed by atoms with Crippen LogP contribution in [-0.2, 0) is 32.6 Å². The predicted molar refractivity (Wildman–Crippen MR) is 166 cm³/mol. The van der Waals surface area contributed by atoms with Crippen molar-refractivity contribution in [3.63, 3.8) is 0 Å². The first kappa shape index (κ1) is 34.4. The van der Waals surface area contributed by atoms with Gasteiger partial charge in [0.05, 0.1) is 17.7 Å². The van der Waals surface area contributed by atoms with Crippen LogP contribution in [0.25, 0.3) is 5.32 Å². The SMILES string of the molecule is O=C(O)[C@H](N=C(c1ccccc1)c1ccccc1[N-]C(=O)[C@@H]1CCCN1Cc1ccccc1)[C@@H](O)c1ccccc1OC(F)F.[Ni]. The molecule has 0 bridgehead atoms. The zero-order valence-electron chi connectivity index (χ0n) is 24.6. The summed E-state index contributed by atoms with van der Waals surface area (Å²) in [5.41, 5.74) is 2.27. The topological polar surface area (TPSA) is 114 Å². The van der Waals surface area contributed by atoms with E-state index in [-0.39, 0.29) is 45.1 Å². The molecule has 8 nitrogen and oxygen atoms in total. The molecule has 46 heavy (non-hydrogen) atoms. The van der Waals surface area contributed by atoms with Crippen LogP contribution in [0, 0.1) is 0 Å². The Kier molecular flexibility index (Phi) is 12.1. The molecule has 0 radical (unpaired) electrons. The largest absolute Gasteiger partial charge is 0.625 e. The van der Waals surface area contributed by atoms with Crippen LogP contribution in [0.5, 0.6) is 5.75 Å². The van der Waals surface area contributed by atoms with E-state index in [1.807, 2.05) is 30.3 Å². The number of carbonyl (C=O) groups is 2. The van der Waals surface area contributed by atoms with E-state index >= 15 is 0 Å². The molecule has 1 saturated heterocycles. The molecule has 0 aliphatic carbocycles. The van der Waals surface area contributed by atoms with Gasteiger partial charge in [-0.1, -0.05) is 103 Å². The van der Waals surface area contributed by atoms with E-state index in [1.54, 1.807) is 54.6 Å². The van der Waals surface area contributed by atoms with Crippen LogP contribution in [0.4, 0.5) is 14.5 Å². The second kappa shape index (κ2) is 16.2. The Bertz CT molecular complexity index is 1640. The summed E-state index contributed by atoms with van der Waals surface area (Å²) in [7, 11) is 0. The van der Waals surface area contributed by atoms with E-state index in [0.717, 1.165) is 18.5 Å². The number of carboxylic acid groups (broad SMARTS) is 1. The first-order chi connectivity index (χ1) is 21.8. The van der Waals surface area contributed by atoms with Crippen LogP contribution in [0.1, 0.15) is 41.2 Å². The summed E-state index contributed by atoms with van der Waals surface area (Å²) >= 11 is 0. The summed E-state index contributed by atoms with van der Waals surface area (Å²) in [5.74, 6) is -2.17. The number of hydrogen-bond acceptors (Lipinski definition) is 6. The third-order valence-electron chi connectivity index (χ3n) is 7.59. The second-order valence-corrected chi connectivity index (χ2v) is 10.6. The van der Waals surface area contributed by atoms with Crippen molar-refractivity contribution >= 4 is 23.3 Å². The number of aliphatic hydroxyl groups is 1. The number of benzene rings is 4. The van der Waals surface area contributed by atoms with Gasteiger partial charge in [-0.05, 0) is 36.6 Å². The van der Waals surface area contributed by atoms with Gasteiger partial charge in [-0.25, -0.2) is 4.79 Å². The van der Waals surface area contributed by atoms with Crippen molar-refractivity contribution in [3.8, 4) is 5.75 Å². The molecular formula is C35H32F2N3NiO5-. The normalized spacial score (nSPS) is 16.3. The van der Waals surface area contributed by atoms with Crippen LogP contribution in [0.3, 0.4) is 0 Å². The van der Waals surface area contributed by atoms with Crippen molar-refractivity contribution in [2.75, 3.05) is 6.54 Å². The van der Waals surface area contributed by atoms with Gasteiger partial charge in [0.2, 0.25) is 0 Å². The molecule has 5 rings (SSSR count). The summed E-state index contributed by atoms with van der Waals surface area (Å²) in [4.78, 5) is 32.7. The molecule has 242 valence electrons. The Morgan fingerprint density at radius 3 is 2.24 bits per heavy atom. The molecular weight excluding hydrogens is 639 g/mol. The van der Waals surface area contributed by atoms with E-state index in [0.29, 0.717) is 24.1 Å². The van der Waals surface area contributed by atoms with E-state index in [2.05, 4.69) is 19.9 Å². The number of carbonyl (C=O) groups excluding carboxylic acids is 1. The zero-order valence-corrected chi connectivity index (χ0v) is 25.6. The van der Waals surface area contributed by atoms with Gasteiger partial charge in [0.1, 0.15) is 11.9 Å². The average Bonchev–Trinajstić information content (AvgIpc) is 3.51. The number of amides is 1. The smallest absolute Gasteiger partial charge is 0.387 e. The molecule has 4 aromatic carbocycles. The van der Waals surface area contributed by atoms with Crippen LogP contribution < -0.4 is 4.74 Å². The number of aliphatic hydroxyl groups excluding tert-OH is 1. The molecule has 1 heterocycles. The van der Waals surface area contributed by atoms with Crippen LogP contribution in [0.2, 0.25) is 0 Å². The number of alkyl halides is 2. The molecule has 2 N–H and O–H groups in total. The third-order valence-corrected chi connectivity index (χ3v) is 7.59. The average molecular weight is 671 g/mol. The van der Waals surface area contributed by atoms with Crippen molar-refractivity contribution in [2.24, 2.45) is 4.99 Å². The first-order valence-electron chi connectivity index (χ1n) is 14.5. The van der Waals surface area contributed by atoms with Crippen molar-refractivity contribution in [3.05, 3.63) is 137 Å². The van der Waals surface area contributed by atoms with Crippen molar-refractivity contribution in [2.45, 2.75) is 44.2 Å². The van der Waals surface area contributed by atoms with Gasteiger partial charge >= 0.3 is 12.6 Å². The van der Waals surface area contributed by atoms with Gasteiger partial charge < -0.3 is 25.1 Å². The summed E-state index contributed by atoms with van der Waals surface area (Å²) < 4.78 is 30.7. The number of hydrogen-bond donors (Lipinski definition) is 2. The molecule has 4 aromatic rings. The molecule has 0 unspecified atom stereocenters. The Balaban J connectivity index is 0.00000480. The van der Waals surface area contributed by atoms with E-state index in [1.165, 1.54) is 24.3 Å². The molecule has 0 spiro atoms. The fourth-order valence-corrected chi connectivity index (χ4v) is 5.47. The number of carboxylic acids is 1. The molecule has 0 aromatic heterocycles.